The lowest BCUT2D eigenvalue weighted by Gasteiger charge is -2.12. The molecule has 3 rings (SSSR count). The van der Waals surface area contributed by atoms with Crippen LogP contribution < -0.4 is 11.0 Å². The van der Waals surface area contributed by atoms with Gasteiger partial charge in [0.05, 0.1) is 23.3 Å². The van der Waals surface area contributed by atoms with Crippen molar-refractivity contribution in [3.63, 3.8) is 0 Å². The Morgan fingerprint density at radius 2 is 2.13 bits per heavy atom. The number of aromatic amines is 2. The Bertz CT molecular complexity index is 931. The van der Waals surface area contributed by atoms with E-state index in [1.54, 1.807) is 17.0 Å². The molecule has 1 aromatic carbocycles. The molecule has 3 aromatic rings. The number of rotatable bonds is 4. The standard InChI is InChI=1S/C16H17N5O2/c1-10(12-4-5-13-14(7-12)20-16(23)19-13)18-15(22)6-3-11-8-17-21(2)9-11/h3-10H,1-2H3,(H,18,22)(H2,19,20,23)/b6-3+/t10-/m1/s1. The number of imidazole rings is 1. The number of H-pyrrole nitrogens is 2. The minimum absolute atomic E-state index is 0.177. The van der Waals surface area contributed by atoms with Gasteiger partial charge in [-0.15, -0.1) is 0 Å². The number of fused-ring (bicyclic) bond motifs is 1. The molecule has 3 N–H and O–H groups in total. The van der Waals surface area contributed by atoms with E-state index < -0.39 is 0 Å². The number of benzene rings is 1. The number of carbonyl (C=O) groups excluding carboxylic acids is 1. The second-order valence-corrected chi connectivity index (χ2v) is 5.40. The molecule has 7 nitrogen and oxygen atoms in total. The summed E-state index contributed by atoms with van der Waals surface area (Å²) in [6, 6.07) is 5.37. The first-order valence-electron chi connectivity index (χ1n) is 7.20. The van der Waals surface area contributed by atoms with Crippen molar-refractivity contribution in [3.8, 4) is 0 Å². The van der Waals surface area contributed by atoms with Crippen LogP contribution in [0.4, 0.5) is 0 Å². The van der Waals surface area contributed by atoms with E-state index in [0.29, 0.717) is 0 Å². The van der Waals surface area contributed by atoms with Crippen molar-refractivity contribution >= 4 is 23.0 Å². The summed E-state index contributed by atoms with van der Waals surface area (Å²) < 4.78 is 1.67. The van der Waals surface area contributed by atoms with Crippen LogP contribution in [-0.4, -0.2) is 25.7 Å². The first-order valence-corrected chi connectivity index (χ1v) is 7.20. The molecule has 118 valence electrons. The summed E-state index contributed by atoms with van der Waals surface area (Å²) >= 11 is 0. The fourth-order valence-electron chi connectivity index (χ4n) is 2.36. The lowest BCUT2D eigenvalue weighted by atomic mass is 10.1. The van der Waals surface area contributed by atoms with E-state index in [-0.39, 0.29) is 17.6 Å². The minimum Gasteiger partial charge on any atom is -0.346 e. The van der Waals surface area contributed by atoms with Crippen LogP contribution in [-0.2, 0) is 11.8 Å². The quantitative estimate of drug-likeness (QED) is 0.637. The maximum absolute atomic E-state index is 12.0. The third kappa shape index (κ3) is 3.39. The van der Waals surface area contributed by atoms with E-state index in [1.165, 1.54) is 6.08 Å². The summed E-state index contributed by atoms with van der Waals surface area (Å²) in [6.45, 7) is 1.89. The summed E-state index contributed by atoms with van der Waals surface area (Å²) in [5, 5.41) is 6.93. The lowest BCUT2D eigenvalue weighted by molar-refractivity contribution is -0.117. The maximum Gasteiger partial charge on any atom is 0.323 e. The molecule has 23 heavy (non-hydrogen) atoms. The van der Waals surface area contributed by atoms with Gasteiger partial charge in [0.1, 0.15) is 0 Å². The van der Waals surface area contributed by atoms with E-state index in [4.69, 9.17) is 0 Å². The molecule has 0 saturated carbocycles. The smallest absolute Gasteiger partial charge is 0.323 e. The van der Waals surface area contributed by atoms with Gasteiger partial charge in [-0.3, -0.25) is 9.48 Å². The number of hydrogen-bond donors (Lipinski definition) is 3. The molecule has 0 fully saturated rings. The number of amides is 1. The molecule has 2 heterocycles. The Hall–Kier alpha value is -3.09. The Morgan fingerprint density at radius 1 is 1.35 bits per heavy atom. The third-order valence-corrected chi connectivity index (χ3v) is 3.55. The van der Waals surface area contributed by atoms with Gasteiger partial charge < -0.3 is 15.3 Å². The van der Waals surface area contributed by atoms with Crippen molar-refractivity contribution in [2.24, 2.45) is 7.05 Å². The highest BCUT2D eigenvalue weighted by Gasteiger charge is 2.09. The van der Waals surface area contributed by atoms with Crippen LogP contribution in [0.3, 0.4) is 0 Å². The molecular formula is C16H17N5O2. The summed E-state index contributed by atoms with van der Waals surface area (Å²) in [4.78, 5) is 28.7. The molecule has 0 unspecified atom stereocenters. The Kier molecular flexibility index (Phi) is 3.84. The molecule has 1 atom stereocenters. The Balaban J connectivity index is 1.69. The number of aryl methyl sites for hydroxylation is 1. The SMILES string of the molecule is C[C@@H](NC(=O)/C=C/c1cnn(C)c1)c1ccc2[nH]c(=O)[nH]c2c1. The monoisotopic (exact) mass is 311 g/mol. The Morgan fingerprint density at radius 3 is 2.87 bits per heavy atom. The van der Waals surface area contributed by atoms with Gasteiger partial charge in [0.25, 0.3) is 0 Å². The first kappa shape index (κ1) is 14.8. The predicted molar refractivity (Wildman–Crippen MR) is 87.7 cm³/mol. The van der Waals surface area contributed by atoms with E-state index in [2.05, 4.69) is 20.4 Å². The number of aromatic nitrogens is 4. The minimum atomic E-state index is -0.242. The van der Waals surface area contributed by atoms with Gasteiger partial charge in [-0.1, -0.05) is 6.07 Å². The van der Waals surface area contributed by atoms with Gasteiger partial charge >= 0.3 is 5.69 Å². The highest BCUT2D eigenvalue weighted by Crippen LogP contribution is 2.17. The highest BCUT2D eigenvalue weighted by molar-refractivity contribution is 5.92. The molecule has 0 saturated heterocycles. The summed E-state index contributed by atoms with van der Waals surface area (Å²) in [5.74, 6) is -0.191. The van der Waals surface area contributed by atoms with Crippen molar-refractivity contribution in [2.45, 2.75) is 13.0 Å². The highest BCUT2D eigenvalue weighted by atomic mass is 16.1. The second kappa shape index (κ2) is 5.96. The van der Waals surface area contributed by atoms with E-state index in [0.717, 1.165) is 22.2 Å². The largest absolute Gasteiger partial charge is 0.346 e. The van der Waals surface area contributed by atoms with Crippen molar-refractivity contribution in [2.75, 3.05) is 0 Å². The average molecular weight is 311 g/mol. The van der Waals surface area contributed by atoms with Gasteiger partial charge in [0.15, 0.2) is 0 Å². The van der Waals surface area contributed by atoms with Gasteiger partial charge in [-0.05, 0) is 30.7 Å². The molecule has 0 aliphatic heterocycles. The van der Waals surface area contributed by atoms with E-state index in [9.17, 15) is 9.59 Å². The van der Waals surface area contributed by atoms with E-state index >= 15 is 0 Å². The second-order valence-electron chi connectivity index (χ2n) is 5.40. The van der Waals surface area contributed by atoms with Crippen LogP contribution in [0.2, 0.25) is 0 Å². The normalized spacial score (nSPS) is 12.8. The molecule has 0 bridgehead atoms. The fourth-order valence-corrected chi connectivity index (χ4v) is 2.36. The van der Waals surface area contributed by atoms with Crippen LogP contribution >= 0.6 is 0 Å². The van der Waals surface area contributed by atoms with Crippen LogP contribution in [0.25, 0.3) is 17.1 Å². The van der Waals surface area contributed by atoms with Gasteiger partial charge in [0.2, 0.25) is 5.91 Å². The van der Waals surface area contributed by atoms with Crippen LogP contribution in [0.5, 0.6) is 0 Å². The number of nitrogens with zero attached hydrogens (tertiary/aromatic N) is 2. The van der Waals surface area contributed by atoms with Gasteiger partial charge in [-0.2, -0.15) is 5.10 Å². The average Bonchev–Trinajstić information content (AvgIpc) is 3.08. The molecule has 0 radical (unpaired) electrons. The molecule has 0 aliphatic rings. The van der Waals surface area contributed by atoms with Gasteiger partial charge in [0, 0.05) is 24.9 Å². The van der Waals surface area contributed by atoms with Crippen molar-refractivity contribution in [3.05, 3.63) is 58.3 Å². The maximum atomic E-state index is 12.0. The van der Waals surface area contributed by atoms with Gasteiger partial charge in [-0.25, -0.2) is 4.79 Å². The molecule has 0 aliphatic carbocycles. The predicted octanol–water partition coefficient (Wildman–Crippen LogP) is 1.48. The summed E-state index contributed by atoms with van der Waals surface area (Å²) in [7, 11) is 1.82. The van der Waals surface area contributed by atoms with Crippen molar-refractivity contribution in [1.82, 2.24) is 25.1 Å². The van der Waals surface area contributed by atoms with Crippen molar-refractivity contribution < 1.29 is 4.79 Å². The fraction of sp³-hybridized carbons (Fsp3) is 0.188. The molecule has 2 aromatic heterocycles. The first-order chi connectivity index (χ1) is 11.0. The molecule has 7 heteroatoms. The Labute approximate surface area is 132 Å². The molecular weight excluding hydrogens is 294 g/mol. The lowest BCUT2D eigenvalue weighted by Crippen LogP contribution is -2.24. The molecule has 0 spiro atoms. The number of hydrogen-bond acceptors (Lipinski definition) is 3. The third-order valence-electron chi connectivity index (χ3n) is 3.55. The zero-order valence-corrected chi connectivity index (χ0v) is 12.8. The molecule has 1 amide bonds. The number of nitrogens with one attached hydrogen (secondary N) is 3. The van der Waals surface area contributed by atoms with Crippen LogP contribution in [0.15, 0.2) is 41.5 Å². The summed E-state index contributed by atoms with van der Waals surface area (Å²) in [5.41, 5.74) is 3.00. The topological polar surface area (TPSA) is 95.6 Å². The van der Waals surface area contributed by atoms with Crippen LogP contribution in [0, 0.1) is 0 Å². The zero-order valence-electron chi connectivity index (χ0n) is 12.8. The van der Waals surface area contributed by atoms with E-state index in [1.807, 2.05) is 38.4 Å². The van der Waals surface area contributed by atoms with Crippen LogP contribution in [0.1, 0.15) is 24.1 Å². The van der Waals surface area contributed by atoms with Crippen molar-refractivity contribution in [1.29, 1.82) is 0 Å². The number of carbonyl (C=O) groups is 1. The summed E-state index contributed by atoms with van der Waals surface area (Å²) in [6.07, 6.45) is 6.69. The zero-order chi connectivity index (χ0) is 16.4.